The topological polar surface area (TPSA) is 41.1 Å². The van der Waals surface area contributed by atoms with Crippen LogP contribution in [-0.4, -0.2) is 24.1 Å². The first-order valence-electron chi connectivity index (χ1n) is 6.61. The molecule has 2 aromatic rings. The van der Waals surface area contributed by atoms with Gasteiger partial charge >= 0.3 is 0 Å². The van der Waals surface area contributed by atoms with Crippen molar-refractivity contribution < 1.29 is 4.39 Å². The zero-order chi connectivity index (χ0) is 14.7. The second-order valence-electron chi connectivity index (χ2n) is 4.58. The van der Waals surface area contributed by atoms with Gasteiger partial charge in [-0.2, -0.15) is 0 Å². The Kier molecular flexibility index (Phi) is 4.17. The van der Waals surface area contributed by atoms with Gasteiger partial charge in [-0.1, -0.05) is 13.0 Å². The zero-order valence-electron chi connectivity index (χ0n) is 12.2. The first-order valence-corrected chi connectivity index (χ1v) is 6.61. The molecule has 0 aliphatic rings. The fourth-order valence-electron chi connectivity index (χ4n) is 2.09. The number of nitrogens with zero attached hydrogens (tertiary/aromatic N) is 3. The molecule has 0 fully saturated rings. The van der Waals surface area contributed by atoms with Crippen molar-refractivity contribution in [3.8, 4) is 0 Å². The van der Waals surface area contributed by atoms with Crippen LogP contribution in [-0.2, 0) is 6.42 Å². The molecule has 1 N–H and O–H groups in total. The smallest absolute Gasteiger partial charge is 0.141 e. The third-order valence-electron chi connectivity index (χ3n) is 3.23. The molecule has 0 unspecified atom stereocenters. The largest absolute Gasteiger partial charge is 0.373 e. The van der Waals surface area contributed by atoms with Crippen LogP contribution in [0.15, 0.2) is 24.3 Å². The molecule has 2 rings (SSSR count). The fourth-order valence-corrected chi connectivity index (χ4v) is 2.09. The number of benzene rings is 1. The number of halogens is 1. The van der Waals surface area contributed by atoms with Crippen LogP contribution in [0.25, 0.3) is 0 Å². The van der Waals surface area contributed by atoms with Crippen molar-refractivity contribution >= 4 is 17.3 Å². The van der Waals surface area contributed by atoms with Gasteiger partial charge in [0, 0.05) is 31.8 Å². The summed E-state index contributed by atoms with van der Waals surface area (Å²) < 4.78 is 13.4. The van der Waals surface area contributed by atoms with E-state index in [0.717, 1.165) is 35.1 Å². The Morgan fingerprint density at radius 1 is 1.30 bits per heavy atom. The number of hydrogen-bond acceptors (Lipinski definition) is 4. The summed E-state index contributed by atoms with van der Waals surface area (Å²) in [5.74, 6) is 2.09. The highest BCUT2D eigenvalue weighted by atomic mass is 19.1. The lowest BCUT2D eigenvalue weighted by Crippen LogP contribution is -2.16. The molecule has 0 amide bonds. The molecule has 1 aromatic heterocycles. The van der Waals surface area contributed by atoms with Crippen LogP contribution in [0.4, 0.5) is 21.7 Å². The molecule has 0 saturated carbocycles. The van der Waals surface area contributed by atoms with Gasteiger partial charge in [0.25, 0.3) is 0 Å². The monoisotopic (exact) mass is 274 g/mol. The van der Waals surface area contributed by atoms with Gasteiger partial charge in [0.2, 0.25) is 0 Å². The number of anilines is 3. The molecule has 0 aliphatic heterocycles. The maximum absolute atomic E-state index is 13.4. The lowest BCUT2D eigenvalue weighted by molar-refractivity contribution is 0.628. The van der Waals surface area contributed by atoms with E-state index in [2.05, 4.69) is 15.3 Å². The quantitative estimate of drug-likeness (QED) is 0.928. The Morgan fingerprint density at radius 2 is 2.05 bits per heavy atom. The zero-order valence-corrected chi connectivity index (χ0v) is 12.2. The second-order valence-corrected chi connectivity index (χ2v) is 4.58. The summed E-state index contributed by atoms with van der Waals surface area (Å²) in [7, 11) is 3.71. The van der Waals surface area contributed by atoms with Gasteiger partial charge in [-0.15, -0.1) is 0 Å². The van der Waals surface area contributed by atoms with Crippen molar-refractivity contribution in [1.29, 1.82) is 0 Å². The summed E-state index contributed by atoms with van der Waals surface area (Å²) in [5, 5.41) is 3.08. The summed E-state index contributed by atoms with van der Waals surface area (Å²) in [5.41, 5.74) is 1.70. The minimum absolute atomic E-state index is 0.259. The highest BCUT2D eigenvalue weighted by molar-refractivity contribution is 5.66. The van der Waals surface area contributed by atoms with Crippen LogP contribution in [0.2, 0.25) is 0 Å². The number of rotatable bonds is 4. The average Bonchev–Trinajstić information content (AvgIpc) is 2.47. The van der Waals surface area contributed by atoms with Crippen LogP contribution < -0.4 is 10.2 Å². The summed E-state index contributed by atoms with van der Waals surface area (Å²) in [6.45, 7) is 3.96. The Bertz CT molecular complexity index is 613. The maximum Gasteiger partial charge on any atom is 0.141 e. The Labute approximate surface area is 118 Å². The highest BCUT2D eigenvalue weighted by Gasteiger charge is 2.14. The highest BCUT2D eigenvalue weighted by Crippen LogP contribution is 2.28. The minimum atomic E-state index is -0.259. The number of nitrogens with one attached hydrogen (secondary N) is 1. The van der Waals surface area contributed by atoms with Crippen LogP contribution in [0.5, 0.6) is 0 Å². The summed E-state index contributed by atoms with van der Waals surface area (Å²) in [6.07, 6.45) is 0.749. The predicted octanol–water partition coefficient (Wildman–Crippen LogP) is 3.30. The Hall–Kier alpha value is -2.17. The number of aromatic nitrogens is 2. The summed E-state index contributed by atoms with van der Waals surface area (Å²) in [6, 6.07) is 6.47. The summed E-state index contributed by atoms with van der Waals surface area (Å²) in [4.78, 5) is 10.9. The first kappa shape index (κ1) is 14.2. The molecule has 1 heterocycles. The van der Waals surface area contributed by atoms with E-state index in [1.807, 2.05) is 38.9 Å². The van der Waals surface area contributed by atoms with Crippen molar-refractivity contribution in [2.45, 2.75) is 20.3 Å². The third kappa shape index (κ3) is 2.71. The van der Waals surface area contributed by atoms with Crippen LogP contribution in [0, 0.1) is 12.7 Å². The molecule has 0 aliphatic carbocycles. The molecule has 106 valence electrons. The van der Waals surface area contributed by atoms with E-state index >= 15 is 0 Å². The van der Waals surface area contributed by atoms with Crippen molar-refractivity contribution in [3.63, 3.8) is 0 Å². The fraction of sp³-hybridized carbons (Fsp3) is 0.333. The molecule has 0 atom stereocenters. The van der Waals surface area contributed by atoms with Gasteiger partial charge in [-0.05, 0) is 25.1 Å². The van der Waals surface area contributed by atoms with E-state index in [1.165, 1.54) is 12.1 Å². The minimum Gasteiger partial charge on any atom is -0.373 e. The van der Waals surface area contributed by atoms with Crippen molar-refractivity contribution in [2.24, 2.45) is 0 Å². The average molecular weight is 274 g/mol. The second kappa shape index (κ2) is 5.86. The SMILES string of the molecule is CCc1nc(NC)c(C)c(N(C)c2cccc(F)c2)n1. The van der Waals surface area contributed by atoms with Crippen LogP contribution in [0.3, 0.4) is 0 Å². The van der Waals surface area contributed by atoms with Gasteiger partial charge in [-0.3, -0.25) is 0 Å². The van der Waals surface area contributed by atoms with Crippen LogP contribution in [0.1, 0.15) is 18.3 Å². The van der Waals surface area contributed by atoms with Crippen molar-refractivity contribution in [1.82, 2.24) is 9.97 Å². The van der Waals surface area contributed by atoms with E-state index in [4.69, 9.17) is 0 Å². The van der Waals surface area contributed by atoms with E-state index in [0.29, 0.717) is 0 Å². The molecule has 0 bridgehead atoms. The molecule has 0 radical (unpaired) electrons. The molecular formula is C15H19FN4. The van der Waals surface area contributed by atoms with Crippen LogP contribution >= 0.6 is 0 Å². The lowest BCUT2D eigenvalue weighted by Gasteiger charge is -2.22. The lowest BCUT2D eigenvalue weighted by atomic mass is 10.2. The normalized spacial score (nSPS) is 10.4. The molecule has 20 heavy (non-hydrogen) atoms. The van der Waals surface area contributed by atoms with Gasteiger partial charge in [0.15, 0.2) is 0 Å². The number of aryl methyl sites for hydroxylation is 1. The Balaban J connectivity index is 2.50. The molecular weight excluding hydrogens is 255 g/mol. The van der Waals surface area contributed by atoms with E-state index in [-0.39, 0.29) is 5.82 Å². The Morgan fingerprint density at radius 3 is 2.65 bits per heavy atom. The van der Waals surface area contributed by atoms with Crippen molar-refractivity contribution in [3.05, 3.63) is 41.5 Å². The standard InChI is InChI=1S/C15H19FN4/c1-5-13-18-14(17-3)10(2)15(19-13)20(4)12-8-6-7-11(16)9-12/h6-9H,5H2,1-4H3,(H,17,18,19). The summed E-state index contributed by atoms with van der Waals surface area (Å²) >= 11 is 0. The third-order valence-corrected chi connectivity index (χ3v) is 3.23. The van der Waals surface area contributed by atoms with Gasteiger partial charge in [0.1, 0.15) is 23.3 Å². The molecule has 0 saturated heterocycles. The van der Waals surface area contributed by atoms with Gasteiger partial charge in [0.05, 0.1) is 0 Å². The van der Waals surface area contributed by atoms with Gasteiger partial charge in [-0.25, -0.2) is 14.4 Å². The molecule has 1 aromatic carbocycles. The van der Waals surface area contributed by atoms with Crippen molar-refractivity contribution in [2.75, 3.05) is 24.3 Å². The molecule has 4 nitrogen and oxygen atoms in total. The first-order chi connectivity index (χ1) is 9.56. The predicted molar refractivity (Wildman–Crippen MR) is 80.2 cm³/mol. The van der Waals surface area contributed by atoms with E-state index in [9.17, 15) is 4.39 Å². The molecule has 0 spiro atoms. The number of hydrogen-bond donors (Lipinski definition) is 1. The maximum atomic E-state index is 13.4. The molecule has 5 heteroatoms. The van der Waals surface area contributed by atoms with E-state index in [1.54, 1.807) is 6.07 Å². The van der Waals surface area contributed by atoms with E-state index < -0.39 is 0 Å². The van der Waals surface area contributed by atoms with Gasteiger partial charge < -0.3 is 10.2 Å².